The van der Waals surface area contributed by atoms with Crippen LogP contribution < -0.4 is 30.5 Å². The lowest BCUT2D eigenvalue weighted by Gasteiger charge is -2.82. The number of hydrogen-bond donors (Lipinski definition) is 3. The molecule has 6 fully saturated rings. The van der Waals surface area contributed by atoms with Crippen LogP contribution >= 0.6 is 11.3 Å². The van der Waals surface area contributed by atoms with E-state index in [-0.39, 0.29) is 63.0 Å². The van der Waals surface area contributed by atoms with Gasteiger partial charge in [-0.05, 0) is 173 Å². The van der Waals surface area contributed by atoms with E-state index in [0.29, 0.717) is 71.1 Å². The predicted octanol–water partition coefficient (Wildman–Crippen LogP) is 10.5. The number of hydrogen-bond acceptors (Lipinski definition) is 14. The molecular weight excluding hydrogens is 1210 g/mol. The minimum atomic E-state index is -1.10. The summed E-state index contributed by atoms with van der Waals surface area (Å²) in [5.41, 5.74) is 13.5. The van der Waals surface area contributed by atoms with Crippen molar-refractivity contribution in [2.24, 2.45) is 21.7 Å². The molecule has 2 saturated heterocycles. The smallest absolute Gasteiger partial charge is 0.360 e. The van der Waals surface area contributed by atoms with Crippen LogP contribution in [0.2, 0.25) is 0 Å². The van der Waals surface area contributed by atoms with E-state index in [1.165, 1.54) is 100 Å². The number of carbonyl (C=O) groups is 5. The molecule has 20 heteroatoms. The number of ether oxygens (including phenoxy) is 1. The van der Waals surface area contributed by atoms with Crippen LogP contribution in [0.25, 0.3) is 22.9 Å². The Morgan fingerprint density at radius 2 is 1.60 bits per heavy atom. The van der Waals surface area contributed by atoms with Gasteiger partial charge < -0.3 is 34.8 Å². The van der Waals surface area contributed by atoms with Gasteiger partial charge in [-0.3, -0.25) is 24.5 Å². The number of nitrogens with zero attached hydrogens (tertiary/aromatic N) is 10. The molecule has 5 aromatic rings. The fourth-order valence-electron chi connectivity index (χ4n) is 19.8. The molecule has 6 unspecified atom stereocenters. The van der Waals surface area contributed by atoms with Crippen molar-refractivity contribution in [3.8, 4) is 11.1 Å². The van der Waals surface area contributed by atoms with Gasteiger partial charge in [-0.15, -0.1) is 10.2 Å². The van der Waals surface area contributed by atoms with Crippen LogP contribution in [0.4, 0.5) is 22.6 Å². The third-order valence-electron chi connectivity index (χ3n) is 23.8. The lowest BCUT2D eigenvalue weighted by molar-refractivity contribution is -0.455. The van der Waals surface area contributed by atoms with Gasteiger partial charge in [0, 0.05) is 78.6 Å². The molecule has 14 rings (SSSR count). The van der Waals surface area contributed by atoms with E-state index in [4.69, 9.17) is 14.8 Å². The Balaban J connectivity index is 0.471. The number of thiazole rings is 1. The Morgan fingerprint density at radius 1 is 0.853 bits per heavy atom. The third kappa shape index (κ3) is 11.9. The van der Waals surface area contributed by atoms with Gasteiger partial charge in [-0.1, -0.05) is 114 Å². The second-order valence-electron chi connectivity index (χ2n) is 30.2. The summed E-state index contributed by atoms with van der Waals surface area (Å²) in [5.74, 6) is 0.543. The molecule has 3 N–H and O–H groups in total. The van der Waals surface area contributed by atoms with Gasteiger partial charge >= 0.3 is 12.2 Å². The Morgan fingerprint density at radius 3 is 2.34 bits per heavy atom. The molecule has 4 aliphatic heterocycles. The van der Waals surface area contributed by atoms with Crippen molar-refractivity contribution in [1.29, 1.82) is 0 Å². The number of carboxylic acids is 1. The van der Waals surface area contributed by atoms with Crippen molar-refractivity contribution in [3.63, 3.8) is 0 Å². The highest BCUT2D eigenvalue weighted by molar-refractivity contribution is 7.13. The van der Waals surface area contributed by atoms with Crippen LogP contribution in [0.1, 0.15) is 223 Å². The van der Waals surface area contributed by atoms with Gasteiger partial charge in [0.2, 0.25) is 17.7 Å². The highest BCUT2D eigenvalue weighted by atomic mass is 32.1. The van der Waals surface area contributed by atoms with Gasteiger partial charge in [-0.25, -0.2) is 14.8 Å². The average molecular weight is 1310 g/mol. The molecule has 4 amide bonds. The quantitative estimate of drug-likeness (QED) is 0.0230. The van der Waals surface area contributed by atoms with Gasteiger partial charge in [0.05, 0.1) is 22.7 Å². The summed E-state index contributed by atoms with van der Waals surface area (Å²) in [6.45, 7) is 15.2. The number of likely N-dealkylation sites (tertiary alicyclic amines) is 1. The number of pyridine rings is 1. The Labute approximate surface area is 562 Å². The van der Waals surface area contributed by atoms with E-state index in [9.17, 15) is 29.1 Å². The summed E-state index contributed by atoms with van der Waals surface area (Å²) in [4.78, 5) is 81.2. The molecule has 4 aromatic heterocycles. The summed E-state index contributed by atoms with van der Waals surface area (Å²) in [7, 11) is 2.26. The van der Waals surface area contributed by atoms with E-state index in [1.54, 1.807) is 11.0 Å². The van der Waals surface area contributed by atoms with Crippen LogP contribution in [0.3, 0.4) is 0 Å². The second-order valence-corrected chi connectivity index (χ2v) is 31.2. The lowest BCUT2D eigenvalue weighted by atomic mass is 9.23. The number of likely N-dealkylation sites (N-methyl/N-ethyl adjacent to an activating group) is 1. The SMILES string of the molecule is Cc1c(Nc2nc3c(s2)=C=C=CC=3)nnc2c1CCCN2c1ccc(-c2c#[n+]n(CC34CC5(C)CC6(C)CC(OCCN(C)CCCCCCCCCCCCCCCC(=O)N7CCC(c8ccc9c(c8)CN(C8CCC(=O)NC8=O)C9=O)CC7)(C3)C54C6)c2C)c(C(=O)O)n1. The van der Waals surface area contributed by atoms with Crippen LogP contribution in [-0.2, 0) is 38.6 Å². The molecule has 6 atom stereocenters. The fraction of sp³-hybridized carbons (Fsp3) is 0.600. The number of rotatable bonds is 29. The number of carboxylic acid groups (broad SMARTS) is 1. The Hall–Kier alpha value is -7.52. The summed E-state index contributed by atoms with van der Waals surface area (Å²) < 4.78 is 10.3. The Kier molecular flexibility index (Phi) is 17.8. The van der Waals surface area contributed by atoms with Gasteiger partial charge in [0.1, 0.15) is 34.2 Å². The number of nitrogens with one attached hydrogen (secondary N) is 2. The van der Waals surface area contributed by atoms with E-state index in [2.05, 4.69) is 80.0 Å². The van der Waals surface area contributed by atoms with Crippen molar-refractivity contribution in [1.82, 2.24) is 44.9 Å². The minimum absolute atomic E-state index is 0.0321. The number of aromatic carboxylic acids is 1. The third-order valence-corrected chi connectivity index (χ3v) is 24.7. The van der Waals surface area contributed by atoms with Crippen LogP contribution in [0.15, 0.2) is 42.1 Å². The first-order chi connectivity index (χ1) is 45.9. The molecule has 19 nitrogen and oxygen atoms in total. The number of benzene rings is 1. The summed E-state index contributed by atoms with van der Waals surface area (Å²) >= 11 is 1.49. The van der Waals surface area contributed by atoms with Crippen LogP contribution in [0.5, 0.6) is 0 Å². The number of fused-ring (bicyclic) bond motifs is 4. The first kappa shape index (κ1) is 64.8. The first-order valence-corrected chi connectivity index (χ1v) is 36.4. The number of allylic oxidation sites excluding steroid dienone is 1. The molecule has 8 heterocycles. The average Bonchev–Trinajstić information content (AvgIpc) is 1.47. The zero-order valence-electron chi connectivity index (χ0n) is 56.3. The highest BCUT2D eigenvalue weighted by Crippen LogP contribution is 2.96. The van der Waals surface area contributed by atoms with E-state index >= 15 is 0 Å². The largest absolute Gasteiger partial charge is 0.476 e. The second kappa shape index (κ2) is 26.1. The zero-order chi connectivity index (χ0) is 65.9. The van der Waals surface area contributed by atoms with Gasteiger partial charge in [0.25, 0.3) is 5.91 Å². The first-order valence-electron chi connectivity index (χ1n) is 35.6. The topological polar surface area (TPSA) is 222 Å². The molecule has 0 radical (unpaired) electrons. The van der Waals surface area contributed by atoms with Crippen molar-refractivity contribution < 1.29 is 38.9 Å². The molecule has 4 saturated carbocycles. The number of carbonyl (C=O) groups excluding carboxylic acids is 4. The van der Waals surface area contributed by atoms with Crippen molar-refractivity contribution >= 4 is 75.3 Å². The number of unbranched alkanes of at least 4 members (excludes halogenated alkanes) is 12. The van der Waals surface area contributed by atoms with Crippen LogP contribution in [-0.4, -0.2) is 132 Å². The number of amides is 4. The summed E-state index contributed by atoms with van der Waals surface area (Å²) in [5, 5.41) is 32.2. The fourth-order valence-corrected chi connectivity index (χ4v) is 20.6. The highest BCUT2D eigenvalue weighted by Gasteiger charge is 2.94. The van der Waals surface area contributed by atoms with E-state index in [0.717, 1.165) is 129 Å². The van der Waals surface area contributed by atoms with Crippen molar-refractivity contribution in [2.75, 3.05) is 56.6 Å². The van der Waals surface area contributed by atoms with Crippen molar-refractivity contribution in [3.05, 3.63) is 97.4 Å². The number of piperidine rings is 2. The van der Waals surface area contributed by atoms with E-state index < -0.39 is 12.0 Å². The summed E-state index contributed by atoms with van der Waals surface area (Å²) in [6.07, 6.45) is 33.6. The summed E-state index contributed by atoms with van der Waals surface area (Å²) in [6, 6.07) is 9.21. The number of aromatic nitrogens is 6. The van der Waals surface area contributed by atoms with Crippen molar-refractivity contribution in [2.45, 2.75) is 219 Å². The molecule has 5 aliphatic carbocycles. The van der Waals surface area contributed by atoms with Gasteiger partial charge in [0.15, 0.2) is 22.5 Å². The maximum absolute atomic E-state index is 13.2. The maximum atomic E-state index is 13.2. The van der Waals surface area contributed by atoms with Crippen LogP contribution in [0, 0.1) is 41.7 Å². The minimum Gasteiger partial charge on any atom is -0.476 e. The molecule has 1 spiro atoms. The predicted molar refractivity (Wildman–Crippen MR) is 363 cm³/mol. The number of imide groups is 1. The Bertz CT molecular complexity index is 4070. The lowest BCUT2D eigenvalue weighted by Crippen LogP contribution is -2.83. The zero-order valence-corrected chi connectivity index (χ0v) is 57.1. The molecule has 9 aliphatic rings. The normalized spacial score (nSPS) is 25.9. The maximum Gasteiger partial charge on any atom is 0.360 e. The van der Waals surface area contributed by atoms with E-state index in [1.807, 2.05) is 54.0 Å². The monoisotopic (exact) mass is 1310 g/mol. The molecule has 1 aromatic carbocycles. The molecule has 500 valence electrons. The van der Waals surface area contributed by atoms with Gasteiger partial charge in [-0.2, -0.15) is 0 Å². The number of anilines is 4. The standard InChI is InChI=1S/C75H92N12O7S/c1-49-54-22-21-35-85(66(54)82-81-65(49)80-70-77-58-23-18-19-24-60(58)95-70)61-30-28-56(64(78-61)69(92)93)57-41-76-87(50(57)2)48-73-46-72(4)43-71(3)44-74(47-73,75(72,73)45-71)94-39-38-83(5)34-20-16-14-12-10-8-6-7-9-11-13-15-17-25-63(89)84-36-32-51(33-37-84)52-26-27-55-53(40-52)42-86(68(55)91)59-29-31-62(88)79-67(59)90/h18,23,26-28,30,40,51,59H,6-17,20-22,25,29,31-39,42-48H2,1-5H3,(H2-,77,79,80,81,88,90,92,93)/p+1. The molecule has 95 heavy (non-hydrogen) atoms. The molecular formula is C75H93N12O7S+. The molecule has 2 bridgehead atoms.